The van der Waals surface area contributed by atoms with E-state index in [-0.39, 0.29) is 0 Å². The van der Waals surface area contributed by atoms with Gasteiger partial charge < -0.3 is 9.64 Å². The van der Waals surface area contributed by atoms with Gasteiger partial charge in [0.25, 0.3) is 0 Å². The molecule has 2 heterocycles. The second-order valence-electron chi connectivity index (χ2n) is 5.36. The van der Waals surface area contributed by atoms with Crippen LogP contribution in [-0.4, -0.2) is 46.8 Å². The van der Waals surface area contributed by atoms with E-state index in [1.807, 2.05) is 0 Å². The number of hydrogen-bond acceptors (Lipinski definition) is 5. The summed E-state index contributed by atoms with van der Waals surface area (Å²) in [5.41, 5.74) is 2.31. The van der Waals surface area contributed by atoms with E-state index in [9.17, 15) is 0 Å². The van der Waals surface area contributed by atoms with Gasteiger partial charge in [0.05, 0.1) is 18.9 Å². The lowest BCUT2D eigenvalue weighted by Gasteiger charge is -2.28. The number of aryl methyl sites for hydroxylation is 1. The molecule has 0 atom stereocenters. The van der Waals surface area contributed by atoms with Crippen molar-refractivity contribution < 1.29 is 4.74 Å². The Balaban J connectivity index is 1.98. The smallest absolute Gasteiger partial charge is 0.232 e. The van der Waals surface area contributed by atoms with Crippen molar-refractivity contribution in [3.05, 3.63) is 40.9 Å². The number of morpholine rings is 1. The molecule has 122 valence electrons. The summed E-state index contributed by atoms with van der Waals surface area (Å²) >= 11 is 5.03. The van der Waals surface area contributed by atoms with Crippen molar-refractivity contribution in [2.75, 3.05) is 37.0 Å². The SMILES string of the molecule is C=C(Br)CSc1nnc(N2CCOCC2)n1-c1ccc(C)cc1. The molecule has 0 radical (unpaired) electrons. The average Bonchev–Trinajstić information content (AvgIpc) is 2.98. The first-order valence-corrected chi connectivity index (χ1v) is 9.24. The van der Waals surface area contributed by atoms with E-state index in [0.717, 1.165) is 53.3 Å². The number of aromatic nitrogens is 3. The highest BCUT2D eigenvalue weighted by molar-refractivity contribution is 9.11. The molecule has 0 amide bonds. The van der Waals surface area contributed by atoms with Crippen molar-refractivity contribution in [3.63, 3.8) is 0 Å². The fourth-order valence-corrected chi connectivity index (χ4v) is 3.43. The zero-order valence-electron chi connectivity index (χ0n) is 13.0. The maximum Gasteiger partial charge on any atom is 0.232 e. The van der Waals surface area contributed by atoms with Gasteiger partial charge in [-0.2, -0.15) is 0 Å². The number of nitrogens with zero attached hydrogens (tertiary/aromatic N) is 4. The van der Waals surface area contributed by atoms with Gasteiger partial charge in [-0.3, -0.25) is 4.57 Å². The number of hydrogen-bond donors (Lipinski definition) is 0. The quantitative estimate of drug-likeness (QED) is 0.726. The van der Waals surface area contributed by atoms with Gasteiger partial charge in [-0.25, -0.2) is 0 Å². The largest absolute Gasteiger partial charge is 0.378 e. The van der Waals surface area contributed by atoms with Crippen molar-refractivity contribution in [1.82, 2.24) is 14.8 Å². The summed E-state index contributed by atoms with van der Waals surface area (Å²) in [4.78, 5) is 2.23. The van der Waals surface area contributed by atoms with Crippen LogP contribution in [0.4, 0.5) is 5.95 Å². The second kappa shape index (κ2) is 7.51. The molecule has 0 N–H and O–H groups in total. The first-order valence-electron chi connectivity index (χ1n) is 7.46. The van der Waals surface area contributed by atoms with Gasteiger partial charge in [0.2, 0.25) is 5.95 Å². The van der Waals surface area contributed by atoms with Gasteiger partial charge in [-0.05, 0) is 23.5 Å². The number of halogens is 1. The molecule has 1 saturated heterocycles. The molecule has 3 rings (SSSR count). The topological polar surface area (TPSA) is 43.2 Å². The third-order valence-electron chi connectivity index (χ3n) is 3.56. The number of rotatable bonds is 5. The Morgan fingerprint density at radius 3 is 2.61 bits per heavy atom. The zero-order valence-corrected chi connectivity index (χ0v) is 15.4. The van der Waals surface area contributed by atoms with Crippen LogP contribution in [0, 0.1) is 6.92 Å². The minimum Gasteiger partial charge on any atom is -0.378 e. The van der Waals surface area contributed by atoms with Crippen LogP contribution in [0.5, 0.6) is 0 Å². The van der Waals surface area contributed by atoms with Gasteiger partial charge in [-0.15, -0.1) is 10.2 Å². The number of benzene rings is 1. The van der Waals surface area contributed by atoms with Crippen LogP contribution >= 0.6 is 27.7 Å². The van der Waals surface area contributed by atoms with Crippen LogP contribution < -0.4 is 4.90 Å². The fraction of sp³-hybridized carbons (Fsp3) is 0.375. The predicted molar refractivity (Wildman–Crippen MR) is 97.9 cm³/mol. The Bertz CT molecular complexity index is 680. The third kappa shape index (κ3) is 3.97. The van der Waals surface area contributed by atoms with E-state index in [1.165, 1.54) is 5.56 Å². The van der Waals surface area contributed by atoms with Crippen LogP contribution in [0.25, 0.3) is 5.69 Å². The Hall–Kier alpha value is -1.31. The molecule has 23 heavy (non-hydrogen) atoms. The van der Waals surface area contributed by atoms with Crippen LogP contribution in [0.1, 0.15) is 5.56 Å². The lowest BCUT2D eigenvalue weighted by Crippen LogP contribution is -2.37. The number of thioether (sulfide) groups is 1. The summed E-state index contributed by atoms with van der Waals surface area (Å²) in [5.74, 6) is 1.63. The van der Waals surface area contributed by atoms with Crippen molar-refractivity contribution in [3.8, 4) is 5.69 Å². The monoisotopic (exact) mass is 394 g/mol. The van der Waals surface area contributed by atoms with Gasteiger partial charge in [0.1, 0.15) is 0 Å². The fourth-order valence-electron chi connectivity index (χ4n) is 2.39. The Kier molecular flexibility index (Phi) is 5.40. The normalized spacial score (nSPS) is 15.0. The molecule has 0 bridgehead atoms. The molecule has 1 fully saturated rings. The van der Waals surface area contributed by atoms with E-state index in [2.05, 4.69) is 73.4 Å². The molecule has 1 aliphatic heterocycles. The molecule has 0 saturated carbocycles. The van der Waals surface area contributed by atoms with Gasteiger partial charge in [0.15, 0.2) is 5.16 Å². The van der Waals surface area contributed by atoms with E-state index < -0.39 is 0 Å². The van der Waals surface area contributed by atoms with Crippen molar-refractivity contribution in [1.29, 1.82) is 0 Å². The number of ether oxygens (including phenoxy) is 1. The van der Waals surface area contributed by atoms with E-state index in [1.54, 1.807) is 11.8 Å². The molecule has 1 aromatic heterocycles. The Morgan fingerprint density at radius 2 is 1.96 bits per heavy atom. The molecule has 0 unspecified atom stereocenters. The van der Waals surface area contributed by atoms with Gasteiger partial charge >= 0.3 is 0 Å². The lowest BCUT2D eigenvalue weighted by atomic mass is 10.2. The standard InChI is InChI=1S/C16H19BrN4OS/c1-12-3-5-14(6-4-12)21-15(20-7-9-22-10-8-20)18-19-16(21)23-11-13(2)17/h3-6H,2,7-11H2,1H3. The predicted octanol–water partition coefficient (Wildman–Crippen LogP) is 3.41. The third-order valence-corrected chi connectivity index (χ3v) is 5.23. The molecule has 2 aromatic rings. The highest BCUT2D eigenvalue weighted by Gasteiger charge is 2.21. The molecule has 5 nitrogen and oxygen atoms in total. The van der Waals surface area contributed by atoms with Crippen molar-refractivity contribution >= 4 is 33.6 Å². The van der Waals surface area contributed by atoms with E-state index in [0.29, 0.717) is 0 Å². The van der Waals surface area contributed by atoms with Crippen molar-refractivity contribution in [2.45, 2.75) is 12.1 Å². The van der Waals surface area contributed by atoms with Gasteiger partial charge in [-0.1, -0.05) is 52.0 Å². The lowest BCUT2D eigenvalue weighted by molar-refractivity contribution is 0.122. The van der Waals surface area contributed by atoms with Crippen LogP contribution in [0.3, 0.4) is 0 Å². The summed E-state index contributed by atoms with van der Waals surface area (Å²) in [6, 6.07) is 8.43. The number of anilines is 1. The summed E-state index contributed by atoms with van der Waals surface area (Å²) in [5, 5.41) is 9.70. The summed E-state index contributed by atoms with van der Waals surface area (Å²) in [6.07, 6.45) is 0. The first kappa shape index (κ1) is 16.5. The highest BCUT2D eigenvalue weighted by atomic mass is 79.9. The molecular formula is C16H19BrN4OS. The molecule has 1 aromatic carbocycles. The van der Waals surface area contributed by atoms with Crippen LogP contribution in [0.2, 0.25) is 0 Å². The van der Waals surface area contributed by atoms with E-state index >= 15 is 0 Å². The summed E-state index contributed by atoms with van der Waals surface area (Å²) in [6.45, 7) is 9.09. The van der Waals surface area contributed by atoms with Crippen LogP contribution in [-0.2, 0) is 4.74 Å². The first-order chi connectivity index (χ1) is 11.1. The molecular weight excluding hydrogens is 376 g/mol. The molecule has 1 aliphatic rings. The maximum absolute atomic E-state index is 5.45. The zero-order chi connectivity index (χ0) is 16.2. The van der Waals surface area contributed by atoms with Crippen LogP contribution in [0.15, 0.2) is 40.5 Å². The minimum absolute atomic E-state index is 0.724. The Labute approximate surface area is 148 Å². The molecule has 0 aliphatic carbocycles. The second-order valence-corrected chi connectivity index (χ2v) is 7.42. The summed E-state index contributed by atoms with van der Waals surface area (Å²) in [7, 11) is 0. The Morgan fingerprint density at radius 1 is 1.26 bits per heavy atom. The maximum atomic E-state index is 5.45. The highest BCUT2D eigenvalue weighted by Crippen LogP contribution is 2.28. The average molecular weight is 395 g/mol. The molecule has 0 spiro atoms. The van der Waals surface area contributed by atoms with Crippen molar-refractivity contribution in [2.24, 2.45) is 0 Å². The van der Waals surface area contributed by atoms with E-state index in [4.69, 9.17) is 4.74 Å². The molecule has 7 heteroatoms. The van der Waals surface area contributed by atoms with Gasteiger partial charge in [0, 0.05) is 18.8 Å². The summed E-state index contributed by atoms with van der Waals surface area (Å²) < 4.78 is 8.50. The minimum atomic E-state index is 0.724.